The van der Waals surface area contributed by atoms with Gasteiger partial charge in [-0.15, -0.1) is 0 Å². The number of nitrogens with one attached hydrogen (secondary N) is 1. The van der Waals surface area contributed by atoms with E-state index in [1.54, 1.807) is 7.11 Å². The number of carbonyl (C=O) groups is 1. The number of amides is 1. The molecule has 9 nitrogen and oxygen atoms in total. The molecule has 1 amide bonds. The summed E-state index contributed by atoms with van der Waals surface area (Å²) in [6, 6.07) is 7.20. The maximum Gasteiger partial charge on any atom is 0.490 e. The SMILES string of the molecule is CC[C@H](NC(=O)Cn1cnc([N+](=O)[O-])n1)c1ccccc1OC. The average molecular weight is 319 g/mol. The highest BCUT2D eigenvalue weighted by atomic mass is 16.6. The Hall–Kier alpha value is -2.97. The molecule has 23 heavy (non-hydrogen) atoms. The lowest BCUT2D eigenvalue weighted by Crippen LogP contribution is -2.31. The Morgan fingerprint density at radius 2 is 2.22 bits per heavy atom. The average Bonchev–Trinajstić information content (AvgIpc) is 3.01. The molecule has 0 aliphatic heterocycles. The number of nitro groups is 1. The fourth-order valence-electron chi connectivity index (χ4n) is 2.19. The summed E-state index contributed by atoms with van der Waals surface area (Å²) in [5.41, 5.74) is 0.871. The molecule has 0 unspecified atom stereocenters. The summed E-state index contributed by atoms with van der Waals surface area (Å²) in [5.74, 6) is -0.159. The standard InChI is InChI=1S/C14H17N5O4/c1-3-11(10-6-4-5-7-12(10)23-2)16-13(20)8-18-9-15-14(17-18)19(21)22/h4-7,9,11H,3,8H2,1-2H3,(H,16,20)/t11-/m0/s1. The van der Waals surface area contributed by atoms with Gasteiger partial charge in [-0.3, -0.25) is 4.79 Å². The van der Waals surface area contributed by atoms with E-state index in [0.717, 1.165) is 16.6 Å². The van der Waals surface area contributed by atoms with Crippen LogP contribution in [0.4, 0.5) is 5.95 Å². The van der Waals surface area contributed by atoms with Crippen molar-refractivity contribution < 1.29 is 14.5 Å². The van der Waals surface area contributed by atoms with Crippen molar-refractivity contribution >= 4 is 11.9 Å². The summed E-state index contributed by atoms with van der Waals surface area (Å²) in [6.07, 6.45) is 1.82. The fourth-order valence-corrected chi connectivity index (χ4v) is 2.19. The molecule has 1 aromatic heterocycles. The number of hydrogen-bond acceptors (Lipinski definition) is 6. The van der Waals surface area contributed by atoms with Gasteiger partial charge in [0.1, 0.15) is 12.3 Å². The molecule has 9 heteroatoms. The Morgan fingerprint density at radius 3 is 2.83 bits per heavy atom. The van der Waals surface area contributed by atoms with Gasteiger partial charge in [0.25, 0.3) is 0 Å². The van der Waals surface area contributed by atoms with Gasteiger partial charge < -0.3 is 20.2 Å². The van der Waals surface area contributed by atoms with Gasteiger partial charge in [0, 0.05) is 10.7 Å². The van der Waals surface area contributed by atoms with E-state index in [0.29, 0.717) is 12.2 Å². The van der Waals surface area contributed by atoms with Crippen LogP contribution in [-0.2, 0) is 11.3 Å². The maximum atomic E-state index is 12.1. The van der Waals surface area contributed by atoms with Crippen molar-refractivity contribution in [1.82, 2.24) is 20.1 Å². The first-order valence-corrected chi connectivity index (χ1v) is 7.01. The van der Waals surface area contributed by atoms with Crippen molar-refractivity contribution in [2.45, 2.75) is 25.9 Å². The van der Waals surface area contributed by atoms with Crippen LogP contribution >= 0.6 is 0 Å². The minimum absolute atomic E-state index is 0.146. The van der Waals surface area contributed by atoms with Gasteiger partial charge >= 0.3 is 5.95 Å². The number of aromatic nitrogens is 3. The van der Waals surface area contributed by atoms with Crippen LogP contribution in [0.15, 0.2) is 30.6 Å². The van der Waals surface area contributed by atoms with Crippen molar-refractivity contribution in [2.75, 3.05) is 7.11 Å². The molecule has 1 heterocycles. The number of carbonyl (C=O) groups excluding carboxylic acids is 1. The van der Waals surface area contributed by atoms with Crippen molar-refractivity contribution in [1.29, 1.82) is 0 Å². The maximum absolute atomic E-state index is 12.1. The number of para-hydroxylation sites is 1. The van der Waals surface area contributed by atoms with Crippen LogP contribution in [0.2, 0.25) is 0 Å². The van der Waals surface area contributed by atoms with Gasteiger partial charge in [0.05, 0.1) is 13.2 Å². The first-order valence-electron chi connectivity index (χ1n) is 7.01. The molecular formula is C14H17N5O4. The predicted molar refractivity (Wildman–Crippen MR) is 80.8 cm³/mol. The number of ether oxygens (including phenoxy) is 1. The van der Waals surface area contributed by atoms with Gasteiger partial charge in [0.2, 0.25) is 12.2 Å². The molecule has 0 saturated heterocycles. The van der Waals surface area contributed by atoms with Gasteiger partial charge in [-0.1, -0.05) is 30.1 Å². The third-order valence-electron chi connectivity index (χ3n) is 3.25. The number of methoxy groups -OCH3 is 1. The van der Waals surface area contributed by atoms with Crippen LogP contribution in [0.3, 0.4) is 0 Å². The second kappa shape index (κ2) is 7.34. The molecular weight excluding hydrogens is 302 g/mol. The van der Waals surface area contributed by atoms with E-state index in [1.807, 2.05) is 31.2 Å². The third-order valence-corrected chi connectivity index (χ3v) is 3.25. The molecule has 2 aromatic rings. The Kier molecular flexibility index (Phi) is 5.23. The highest BCUT2D eigenvalue weighted by Gasteiger charge is 2.19. The molecule has 1 N–H and O–H groups in total. The van der Waals surface area contributed by atoms with Crippen LogP contribution in [0.5, 0.6) is 5.75 Å². The zero-order valence-corrected chi connectivity index (χ0v) is 12.8. The van der Waals surface area contributed by atoms with Crippen LogP contribution in [0.1, 0.15) is 24.9 Å². The molecule has 0 spiro atoms. The lowest BCUT2D eigenvalue weighted by molar-refractivity contribution is -0.394. The Morgan fingerprint density at radius 1 is 1.48 bits per heavy atom. The highest BCUT2D eigenvalue weighted by molar-refractivity contribution is 5.76. The summed E-state index contributed by atoms with van der Waals surface area (Å²) >= 11 is 0. The van der Waals surface area contributed by atoms with E-state index in [4.69, 9.17) is 4.74 Å². The summed E-state index contributed by atoms with van der Waals surface area (Å²) in [5, 5.41) is 17.0. The van der Waals surface area contributed by atoms with E-state index in [1.165, 1.54) is 0 Å². The van der Waals surface area contributed by atoms with Gasteiger partial charge in [-0.05, 0) is 17.4 Å². The van der Waals surface area contributed by atoms with Gasteiger partial charge in [-0.25, -0.2) is 0 Å². The summed E-state index contributed by atoms with van der Waals surface area (Å²) in [6.45, 7) is 1.80. The normalized spacial score (nSPS) is 11.7. The van der Waals surface area contributed by atoms with Crippen molar-refractivity contribution in [3.63, 3.8) is 0 Å². The number of benzene rings is 1. The predicted octanol–water partition coefficient (Wildman–Crippen LogP) is 1.46. The molecule has 1 atom stereocenters. The third kappa shape index (κ3) is 4.02. The molecule has 2 rings (SSSR count). The molecule has 1 aromatic carbocycles. The summed E-state index contributed by atoms with van der Waals surface area (Å²) in [4.78, 5) is 25.5. The molecule has 0 radical (unpaired) electrons. The Balaban J connectivity index is 2.06. The molecule has 122 valence electrons. The number of rotatable bonds is 7. The van der Waals surface area contributed by atoms with E-state index >= 15 is 0 Å². The Bertz CT molecular complexity index is 700. The number of nitrogens with zero attached hydrogens (tertiary/aromatic N) is 4. The molecule has 0 aliphatic rings. The van der Waals surface area contributed by atoms with Crippen LogP contribution in [0.25, 0.3) is 0 Å². The molecule has 0 fully saturated rings. The lowest BCUT2D eigenvalue weighted by Gasteiger charge is -2.19. The monoisotopic (exact) mass is 319 g/mol. The van der Waals surface area contributed by atoms with Gasteiger partial charge in [0.15, 0.2) is 0 Å². The minimum Gasteiger partial charge on any atom is -0.496 e. The van der Waals surface area contributed by atoms with Crippen molar-refractivity contribution in [3.8, 4) is 5.75 Å². The zero-order valence-electron chi connectivity index (χ0n) is 12.8. The van der Waals surface area contributed by atoms with Crippen molar-refractivity contribution in [2.24, 2.45) is 0 Å². The highest BCUT2D eigenvalue weighted by Crippen LogP contribution is 2.26. The zero-order chi connectivity index (χ0) is 16.8. The smallest absolute Gasteiger partial charge is 0.490 e. The van der Waals surface area contributed by atoms with E-state index in [-0.39, 0.29) is 18.5 Å². The van der Waals surface area contributed by atoms with Crippen molar-refractivity contribution in [3.05, 3.63) is 46.3 Å². The fraction of sp³-hybridized carbons (Fsp3) is 0.357. The quantitative estimate of drug-likeness (QED) is 0.611. The molecule has 0 aliphatic carbocycles. The lowest BCUT2D eigenvalue weighted by atomic mass is 10.0. The van der Waals surface area contributed by atoms with E-state index < -0.39 is 10.9 Å². The van der Waals surface area contributed by atoms with Gasteiger partial charge in [-0.2, -0.15) is 4.68 Å². The molecule has 0 bridgehead atoms. The van der Waals surface area contributed by atoms with Crippen LogP contribution < -0.4 is 10.1 Å². The number of hydrogen-bond donors (Lipinski definition) is 1. The summed E-state index contributed by atoms with van der Waals surface area (Å²) < 4.78 is 6.43. The van der Waals surface area contributed by atoms with E-state index in [2.05, 4.69) is 15.4 Å². The minimum atomic E-state index is -0.710. The van der Waals surface area contributed by atoms with E-state index in [9.17, 15) is 14.9 Å². The largest absolute Gasteiger partial charge is 0.496 e. The first kappa shape index (κ1) is 16.4. The van der Waals surface area contributed by atoms with Crippen LogP contribution in [-0.4, -0.2) is 32.7 Å². The van der Waals surface area contributed by atoms with Crippen LogP contribution in [0, 0.1) is 10.1 Å². The molecule has 0 saturated carbocycles. The second-order valence-corrected chi connectivity index (χ2v) is 4.77. The topological polar surface area (TPSA) is 112 Å². The Labute approximate surface area is 132 Å². The second-order valence-electron chi connectivity index (χ2n) is 4.77. The summed E-state index contributed by atoms with van der Waals surface area (Å²) in [7, 11) is 1.57. The first-order chi connectivity index (χ1) is 11.0.